The Kier molecular flexibility index (Phi) is 6.25. The summed E-state index contributed by atoms with van der Waals surface area (Å²) in [5.41, 5.74) is 14.8. The van der Waals surface area contributed by atoms with E-state index >= 15 is 0 Å². The van der Waals surface area contributed by atoms with Gasteiger partial charge in [-0.05, 0) is 36.4 Å². The zero-order chi connectivity index (χ0) is 10.7. The highest BCUT2D eigenvalue weighted by molar-refractivity contribution is 5.85. The number of nitrogens with two attached hydrogens (primary N) is 2. The largest absolute Gasteiger partial charge is 0.399 e. The van der Waals surface area contributed by atoms with Gasteiger partial charge in [0, 0.05) is 22.7 Å². The van der Waals surface area contributed by atoms with Crippen LogP contribution in [0.25, 0.3) is 0 Å². The van der Waals surface area contributed by atoms with E-state index in [9.17, 15) is 0 Å². The van der Waals surface area contributed by atoms with Gasteiger partial charge in [0.15, 0.2) is 0 Å². The van der Waals surface area contributed by atoms with E-state index in [0.29, 0.717) is 0 Å². The predicted molar refractivity (Wildman–Crippen MR) is 79.5 cm³/mol. The number of anilines is 4. The van der Waals surface area contributed by atoms with E-state index in [1.807, 2.05) is 48.5 Å². The molecule has 0 aliphatic carbocycles. The molecule has 0 bridgehead atoms. The Labute approximate surface area is 113 Å². The molecular formula is C12H15Cl2N3. The van der Waals surface area contributed by atoms with E-state index in [2.05, 4.69) is 5.32 Å². The first-order valence-electron chi connectivity index (χ1n) is 4.72. The second-order valence-electron chi connectivity index (χ2n) is 3.38. The maximum absolute atomic E-state index is 5.68. The second kappa shape index (κ2) is 6.89. The molecule has 0 aliphatic heterocycles. The number of rotatable bonds is 2. The molecule has 0 aromatic heterocycles. The number of benzene rings is 2. The summed E-state index contributed by atoms with van der Waals surface area (Å²) in [6.45, 7) is 0. The van der Waals surface area contributed by atoms with Crippen LogP contribution in [0.4, 0.5) is 22.7 Å². The molecule has 17 heavy (non-hydrogen) atoms. The van der Waals surface area contributed by atoms with Gasteiger partial charge >= 0.3 is 0 Å². The topological polar surface area (TPSA) is 64.1 Å². The van der Waals surface area contributed by atoms with E-state index in [1.54, 1.807) is 0 Å². The van der Waals surface area contributed by atoms with E-state index in [0.717, 1.165) is 22.7 Å². The monoisotopic (exact) mass is 271 g/mol. The van der Waals surface area contributed by atoms with E-state index < -0.39 is 0 Å². The highest BCUT2D eigenvalue weighted by Crippen LogP contribution is 2.19. The quantitative estimate of drug-likeness (QED) is 0.734. The molecule has 5 heteroatoms. The Morgan fingerprint density at radius 2 is 1.12 bits per heavy atom. The van der Waals surface area contributed by atoms with Crippen LogP contribution in [0.2, 0.25) is 0 Å². The maximum Gasteiger partial charge on any atom is 0.0404 e. The van der Waals surface area contributed by atoms with Crippen LogP contribution in [0.5, 0.6) is 0 Å². The van der Waals surface area contributed by atoms with Gasteiger partial charge in [0.1, 0.15) is 0 Å². The van der Waals surface area contributed by atoms with Gasteiger partial charge in [-0.25, -0.2) is 0 Å². The Morgan fingerprint density at radius 1 is 0.706 bits per heavy atom. The van der Waals surface area contributed by atoms with Gasteiger partial charge in [0.2, 0.25) is 0 Å². The SMILES string of the molecule is Cl.Cl.Nc1cccc(Nc2cccc(N)c2)c1. The number of hydrogen-bond acceptors (Lipinski definition) is 3. The lowest BCUT2D eigenvalue weighted by atomic mass is 10.2. The number of nitrogen functional groups attached to an aromatic ring is 2. The minimum Gasteiger partial charge on any atom is -0.399 e. The van der Waals surface area contributed by atoms with Crippen molar-refractivity contribution in [3.63, 3.8) is 0 Å². The molecule has 0 fully saturated rings. The Balaban J connectivity index is 0.00000128. The summed E-state index contributed by atoms with van der Waals surface area (Å²) in [5.74, 6) is 0. The average Bonchev–Trinajstić information content (AvgIpc) is 2.17. The molecule has 92 valence electrons. The lowest BCUT2D eigenvalue weighted by Crippen LogP contribution is -1.93. The van der Waals surface area contributed by atoms with Crippen LogP contribution in [0.3, 0.4) is 0 Å². The van der Waals surface area contributed by atoms with Gasteiger partial charge in [0.25, 0.3) is 0 Å². The van der Waals surface area contributed by atoms with Crippen molar-refractivity contribution >= 4 is 47.6 Å². The Hall–Kier alpha value is -1.58. The Bertz CT molecular complexity index is 431. The van der Waals surface area contributed by atoms with Crippen molar-refractivity contribution in [3.8, 4) is 0 Å². The molecule has 0 saturated heterocycles. The fraction of sp³-hybridized carbons (Fsp3) is 0. The van der Waals surface area contributed by atoms with Crippen molar-refractivity contribution in [2.75, 3.05) is 16.8 Å². The van der Waals surface area contributed by atoms with Crippen molar-refractivity contribution in [3.05, 3.63) is 48.5 Å². The van der Waals surface area contributed by atoms with Crippen molar-refractivity contribution in [2.24, 2.45) is 0 Å². The molecule has 0 heterocycles. The number of halogens is 2. The van der Waals surface area contributed by atoms with Crippen LogP contribution in [-0.4, -0.2) is 0 Å². The third kappa shape index (κ3) is 4.43. The molecule has 0 saturated carbocycles. The molecular weight excluding hydrogens is 257 g/mol. The highest BCUT2D eigenvalue weighted by Gasteiger charge is 1.95. The van der Waals surface area contributed by atoms with Crippen molar-refractivity contribution in [2.45, 2.75) is 0 Å². The molecule has 0 aliphatic rings. The van der Waals surface area contributed by atoms with Crippen LogP contribution in [0.15, 0.2) is 48.5 Å². The van der Waals surface area contributed by atoms with Crippen LogP contribution in [-0.2, 0) is 0 Å². The van der Waals surface area contributed by atoms with Crippen LogP contribution in [0, 0.1) is 0 Å². The average molecular weight is 272 g/mol. The maximum atomic E-state index is 5.68. The summed E-state index contributed by atoms with van der Waals surface area (Å²) >= 11 is 0. The summed E-state index contributed by atoms with van der Waals surface area (Å²) in [6.07, 6.45) is 0. The van der Waals surface area contributed by atoms with Gasteiger partial charge in [-0.15, -0.1) is 24.8 Å². The first kappa shape index (κ1) is 15.4. The van der Waals surface area contributed by atoms with Gasteiger partial charge in [-0.2, -0.15) is 0 Å². The molecule has 0 atom stereocenters. The highest BCUT2D eigenvalue weighted by atomic mass is 35.5. The van der Waals surface area contributed by atoms with Crippen LogP contribution >= 0.6 is 24.8 Å². The van der Waals surface area contributed by atoms with Crippen molar-refractivity contribution in [1.29, 1.82) is 0 Å². The fourth-order valence-electron chi connectivity index (χ4n) is 1.40. The molecule has 0 amide bonds. The van der Waals surface area contributed by atoms with Crippen LogP contribution < -0.4 is 16.8 Å². The normalized spacial score (nSPS) is 8.71. The molecule has 2 aromatic carbocycles. The molecule has 0 radical (unpaired) electrons. The third-order valence-corrected chi connectivity index (χ3v) is 2.06. The lowest BCUT2D eigenvalue weighted by Gasteiger charge is -2.07. The molecule has 0 spiro atoms. The summed E-state index contributed by atoms with van der Waals surface area (Å²) in [7, 11) is 0. The lowest BCUT2D eigenvalue weighted by molar-refractivity contribution is 1.55. The zero-order valence-electron chi connectivity index (χ0n) is 9.09. The first-order valence-corrected chi connectivity index (χ1v) is 4.72. The smallest absolute Gasteiger partial charge is 0.0404 e. The molecule has 2 aromatic rings. The Morgan fingerprint density at radius 3 is 1.47 bits per heavy atom. The van der Waals surface area contributed by atoms with E-state index in [1.165, 1.54) is 0 Å². The minimum atomic E-state index is 0. The van der Waals surface area contributed by atoms with Crippen molar-refractivity contribution in [1.82, 2.24) is 0 Å². The third-order valence-electron chi connectivity index (χ3n) is 2.06. The fourth-order valence-corrected chi connectivity index (χ4v) is 1.40. The summed E-state index contributed by atoms with van der Waals surface area (Å²) in [6, 6.07) is 15.2. The summed E-state index contributed by atoms with van der Waals surface area (Å²) < 4.78 is 0. The van der Waals surface area contributed by atoms with Gasteiger partial charge < -0.3 is 16.8 Å². The van der Waals surface area contributed by atoms with Gasteiger partial charge in [0.05, 0.1) is 0 Å². The summed E-state index contributed by atoms with van der Waals surface area (Å²) in [5, 5.41) is 3.23. The molecule has 0 unspecified atom stereocenters. The van der Waals surface area contributed by atoms with E-state index in [4.69, 9.17) is 11.5 Å². The van der Waals surface area contributed by atoms with Crippen LogP contribution in [0.1, 0.15) is 0 Å². The first-order chi connectivity index (χ1) is 7.24. The standard InChI is InChI=1S/C12H13N3.2ClH/c13-9-3-1-5-11(7-9)15-12-6-2-4-10(14)8-12;;/h1-8,15H,13-14H2;2*1H. The van der Waals surface area contributed by atoms with Gasteiger partial charge in [-0.3, -0.25) is 0 Å². The number of hydrogen-bond donors (Lipinski definition) is 3. The molecule has 5 N–H and O–H groups in total. The minimum absolute atomic E-state index is 0. The molecule has 3 nitrogen and oxygen atoms in total. The number of nitrogens with one attached hydrogen (secondary N) is 1. The van der Waals surface area contributed by atoms with Crippen molar-refractivity contribution < 1.29 is 0 Å². The summed E-state index contributed by atoms with van der Waals surface area (Å²) in [4.78, 5) is 0. The van der Waals surface area contributed by atoms with E-state index in [-0.39, 0.29) is 24.8 Å². The predicted octanol–water partition coefficient (Wildman–Crippen LogP) is 3.44. The van der Waals surface area contributed by atoms with Gasteiger partial charge in [-0.1, -0.05) is 12.1 Å². The second-order valence-corrected chi connectivity index (χ2v) is 3.38. The molecule has 2 rings (SSSR count). The zero-order valence-corrected chi connectivity index (χ0v) is 10.7.